The lowest BCUT2D eigenvalue weighted by atomic mass is 9.98. The molecule has 0 radical (unpaired) electrons. The van der Waals surface area contributed by atoms with Crippen LogP contribution < -0.4 is 10.0 Å². The van der Waals surface area contributed by atoms with Crippen molar-refractivity contribution in [1.82, 2.24) is 10.0 Å². The molecular weight excluding hydrogens is 423 g/mol. The predicted molar refractivity (Wildman–Crippen MR) is 114 cm³/mol. The standard InChI is InChI=1S/C22H27FN2O5S/c1-15-6-9-17(10-7-15)31(28,29)25-20-11-8-16(30-21(20)14-26)12-13-24-22(27)18-4-2-3-5-19(18)23/h2-7,9-10,16,20-21,25-26H,8,11-14H2,1H3,(H,24,27)/t16-,20+,21-/m0/s1. The first-order chi connectivity index (χ1) is 14.8. The molecule has 1 aliphatic heterocycles. The van der Waals surface area contributed by atoms with Gasteiger partial charge in [0.25, 0.3) is 5.91 Å². The van der Waals surface area contributed by atoms with Crippen molar-refractivity contribution in [2.45, 2.75) is 49.3 Å². The van der Waals surface area contributed by atoms with E-state index >= 15 is 0 Å². The Labute approximate surface area is 181 Å². The van der Waals surface area contributed by atoms with Crippen LogP contribution in [-0.2, 0) is 14.8 Å². The lowest BCUT2D eigenvalue weighted by molar-refractivity contribution is -0.0871. The van der Waals surface area contributed by atoms with Crippen LogP contribution in [0.2, 0.25) is 0 Å². The number of rotatable bonds is 8. The summed E-state index contributed by atoms with van der Waals surface area (Å²) in [6.07, 6.45) is 0.572. The minimum atomic E-state index is -3.73. The van der Waals surface area contributed by atoms with E-state index in [-0.39, 0.29) is 29.7 Å². The van der Waals surface area contributed by atoms with Crippen LogP contribution in [0.5, 0.6) is 0 Å². The largest absolute Gasteiger partial charge is 0.394 e. The number of amides is 1. The number of aliphatic hydroxyl groups is 1. The average molecular weight is 451 g/mol. The highest BCUT2D eigenvalue weighted by Crippen LogP contribution is 2.23. The molecule has 1 heterocycles. The second-order valence-electron chi connectivity index (χ2n) is 7.62. The molecule has 3 N–H and O–H groups in total. The fourth-order valence-corrected chi connectivity index (χ4v) is 4.85. The second-order valence-corrected chi connectivity index (χ2v) is 9.34. The number of carbonyl (C=O) groups excluding carboxylic acids is 1. The summed E-state index contributed by atoms with van der Waals surface area (Å²) in [4.78, 5) is 12.2. The van der Waals surface area contributed by atoms with E-state index in [4.69, 9.17) is 4.74 Å². The van der Waals surface area contributed by atoms with Gasteiger partial charge in [-0.2, -0.15) is 0 Å². The highest BCUT2D eigenvalue weighted by atomic mass is 32.2. The lowest BCUT2D eigenvalue weighted by Crippen LogP contribution is -2.51. The molecule has 3 rings (SSSR count). The third-order valence-electron chi connectivity index (χ3n) is 5.30. The van der Waals surface area contributed by atoms with Crippen molar-refractivity contribution in [2.75, 3.05) is 13.2 Å². The van der Waals surface area contributed by atoms with Crippen LogP contribution in [0, 0.1) is 12.7 Å². The smallest absolute Gasteiger partial charge is 0.254 e. The number of benzene rings is 2. The van der Waals surface area contributed by atoms with Gasteiger partial charge in [-0.25, -0.2) is 17.5 Å². The molecule has 0 saturated carbocycles. The Hall–Kier alpha value is -2.33. The predicted octanol–water partition coefficient (Wildman–Crippen LogP) is 2.14. The van der Waals surface area contributed by atoms with Gasteiger partial charge in [0.05, 0.1) is 35.3 Å². The number of nitrogens with one attached hydrogen (secondary N) is 2. The number of hydrogen-bond acceptors (Lipinski definition) is 5. The van der Waals surface area contributed by atoms with Crippen molar-refractivity contribution < 1.29 is 27.4 Å². The van der Waals surface area contributed by atoms with Crippen molar-refractivity contribution in [3.63, 3.8) is 0 Å². The van der Waals surface area contributed by atoms with Gasteiger partial charge in [-0.1, -0.05) is 29.8 Å². The van der Waals surface area contributed by atoms with Crippen molar-refractivity contribution in [3.8, 4) is 0 Å². The zero-order valence-electron chi connectivity index (χ0n) is 17.3. The highest BCUT2D eigenvalue weighted by Gasteiger charge is 2.33. The van der Waals surface area contributed by atoms with Gasteiger partial charge >= 0.3 is 0 Å². The van der Waals surface area contributed by atoms with Gasteiger partial charge in [-0.3, -0.25) is 4.79 Å². The van der Waals surface area contributed by atoms with Crippen LogP contribution in [0.1, 0.15) is 35.2 Å². The monoisotopic (exact) mass is 450 g/mol. The highest BCUT2D eigenvalue weighted by molar-refractivity contribution is 7.89. The number of sulfonamides is 1. The molecule has 7 nitrogen and oxygen atoms in total. The Morgan fingerprint density at radius 2 is 1.87 bits per heavy atom. The number of ether oxygens (including phenoxy) is 1. The zero-order chi connectivity index (χ0) is 22.4. The molecule has 0 spiro atoms. The molecule has 168 valence electrons. The van der Waals surface area contributed by atoms with Crippen LogP contribution in [0.25, 0.3) is 0 Å². The molecule has 1 amide bonds. The molecule has 0 unspecified atom stereocenters. The fraction of sp³-hybridized carbons (Fsp3) is 0.409. The van der Waals surface area contributed by atoms with Crippen LogP contribution >= 0.6 is 0 Å². The van der Waals surface area contributed by atoms with E-state index in [0.29, 0.717) is 19.3 Å². The van der Waals surface area contributed by atoms with E-state index < -0.39 is 33.9 Å². The SMILES string of the molecule is Cc1ccc(S(=O)(=O)N[C@@H]2CC[C@@H](CCNC(=O)c3ccccc3F)O[C@H]2CO)cc1. The summed E-state index contributed by atoms with van der Waals surface area (Å²) in [5.74, 6) is -1.09. The Morgan fingerprint density at radius 3 is 2.55 bits per heavy atom. The van der Waals surface area contributed by atoms with Gasteiger partial charge in [0.15, 0.2) is 0 Å². The molecule has 0 aromatic heterocycles. The van der Waals surface area contributed by atoms with E-state index in [0.717, 1.165) is 5.56 Å². The van der Waals surface area contributed by atoms with E-state index in [2.05, 4.69) is 10.0 Å². The molecule has 2 aromatic rings. The van der Waals surface area contributed by atoms with E-state index in [1.807, 2.05) is 6.92 Å². The lowest BCUT2D eigenvalue weighted by Gasteiger charge is -2.36. The average Bonchev–Trinajstić information content (AvgIpc) is 2.75. The first-order valence-electron chi connectivity index (χ1n) is 10.2. The fourth-order valence-electron chi connectivity index (χ4n) is 3.55. The van der Waals surface area contributed by atoms with E-state index in [1.54, 1.807) is 18.2 Å². The summed E-state index contributed by atoms with van der Waals surface area (Å²) in [5.41, 5.74) is 0.934. The molecule has 0 bridgehead atoms. The number of carbonyl (C=O) groups is 1. The molecule has 31 heavy (non-hydrogen) atoms. The summed E-state index contributed by atoms with van der Waals surface area (Å²) in [5, 5.41) is 12.4. The third kappa shape index (κ3) is 6.10. The molecule has 2 aromatic carbocycles. The molecular formula is C22H27FN2O5S. The van der Waals surface area contributed by atoms with Gasteiger partial charge in [0, 0.05) is 6.54 Å². The number of aryl methyl sites for hydroxylation is 1. The summed E-state index contributed by atoms with van der Waals surface area (Å²) < 4.78 is 47.4. The van der Waals surface area contributed by atoms with Gasteiger partial charge in [-0.15, -0.1) is 0 Å². The maximum absolute atomic E-state index is 13.7. The number of aliphatic hydroxyl groups excluding tert-OH is 1. The Morgan fingerprint density at radius 1 is 1.16 bits per heavy atom. The topological polar surface area (TPSA) is 105 Å². The van der Waals surface area contributed by atoms with Crippen molar-refractivity contribution in [2.24, 2.45) is 0 Å². The van der Waals surface area contributed by atoms with Crippen LogP contribution in [0.3, 0.4) is 0 Å². The third-order valence-corrected chi connectivity index (χ3v) is 6.81. The summed E-state index contributed by atoms with van der Waals surface area (Å²) in [6.45, 7) is 1.81. The van der Waals surface area contributed by atoms with Crippen molar-refractivity contribution in [3.05, 3.63) is 65.5 Å². The van der Waals surface area contributed by atoms with Crippen LogP contribution in [0.4, 0.5) is 4.39 Å². The molecule has 1 saturated heterocycles. The molecule has 0 aliphatic carbocycles. The van der Waals surface area contributed by atoms with Gasteiger partial charge in [0.2, 0.25) is 10.0 Å². The number of hydrogen-bond donors (Lipinski definition) is 3. The first-order valence-corrected chi connectivity index (χ1v) is 11.7. The van der Waals surface area contributed by atoms with E-state index in [9.17, 15) is 22.7 Å². The number of halogens is 1. The summed E-state index contributed by atoms with van der Waals surface area (Å²) >= 11 is 0. The minimum Gasteiger partial charge on any atom is -0.394 e. The van der Waals surface area contributed by atoms with Crippen LogP contribution in [-0.4, -0.2) is 50.8 Å². The van der Waals surface area contributed by atoms with Crippen LogP contribution in [0.15, 0.2) is 53.4 Å². The first kappa shape index (κ1) is 23.3. The Bertz CT molecular complexity index is 997. The van der Waals surface area contributed by atoms with E-state index in [1.165, 1.54) is 30.3 Å². The molecule has 1 fully saturated rings. The second kappa shape index (κ2) is 10.3. The Kier molecular flexibility index (Phi) is 7.77. The maximum Gasteiger partial charge on any atom is 0.254 e. The Balaban J connectivity index is 1.51. The van der Waals surface area contributed by atoms with Crippen molar-refractivity contribution >= 4 is 15.9 Å². The quantitative estimate of drug-likeness (QED) is 0.572. The minimum absolute atomic E-state index is 0.0223. The maximum atomic E-state index is 13.7. The molecule has 1 aliphatic rings. The summed E-state index contributed by atoms with van der Waals surface area (Å²) in [6, 6.07) is 11.7. The van der Waals surface area contributed by atoms with Crippen molar-refractivity contribution in [1.29, 1.82) is 0 Å². The summed E-state index contributed by atoms with van der Waals surface area (Å²) in [7, 11) is -3.73. The normalized spacial score (nSPS) is 21.6. The van der Waals surface area contributed by atoms with Gasteiger partial charge in [0.1, 0.15) is 5.82 Å². The molecule has 9 heteroatoms. The van der Waals surface area contributed by atoms with Gasteiger partial charge in [-0.05, 0) is 50.5 Å². The zero-order valence-corrected chi connectivity index (χ0v) is 18.1. The van der Waals surface area contributed by atoms with Gasteiger partial charge < -0.3 is 15.2 Å². The molecule has 3 atom stereocenters.